The third-order valence-electron chi connectivity index (χ3n) is 5.94. The molecule has 0 bridgehead atoms. The van der Waals surface area contributed by atoms with Crippen LogP contribution in [0, 0.1) is 0 Å². The van der Waals surface area contributed by atoms with E-state index in [1.165, 1.54) is 31.2 Å². The van der Waals surface area contributed by atoms with Crippen LogP contribution in [0.4, 0.5) is 5.69 Å². The summed E-state index contributed by atoms with van der Waals surface area (Å²) >= 11 is 18.5. The van der Waals surface area contributed by atoms with Gasteiger partial charge >= 0.3 is 0 Å². The van der Waals surface area contributed by atoms with E-state index in [-0.39, 0.29) is 34.4 Å². The van der Waals surface area contributed by atoms with Crippen LogP contribution in [-0.4, -0.2) is 58.1 Å². The van der Waals surface area contributed by atoms with Crippen molar-refractivity contribution in [1.29, 1.82) is 0 Å². The first kappa shape index (κ1) is 30.6. The van der Waals surface area contributed by atoms with Crippen LogP contribution in [0.3, 0.4) is 0 Å². The molecular weight excluding hydrogens is 585 g/mol. The molecule has 39 heavy (non-hydrogen) atoms. The summed E-state index contributed by atoms with van der Waals surface area (Å²) in [5.74, 6) is -0.836. The van der Waals surface area contributed by atoms with Gasteiger partial charge < -0.3 is 15.0 Å². The van der Waals surface area contributed by atoms with Crippen molar-refractivity contribution >= 4 is 62.3 Å². The quantitative estimate of drug-likeness (QED) is 0.335. The van der Waals surface area contributed by atoms with E-state index in [1.807, 2.05) is 30.3 Å². The lowest BCUT2D eigenvalue weighted by Gasteiger charge is -2.33. The lowest BCUT2D eigenvalue weighted by Crippen LogP contribution is -2.52. The largest absolute Gasteiger partial charge is 0.495 e. The monoisotopic (exact) mass is 611 g/mol. The standard InChI is InChI=1S/C27H28Cl3N3O5S/c1-31-27(35)24(14-18-7-5-4-6-8-18)32(16-19-9-11-21(29)22(30)13-19)26(34)17-33(39(3,36)37)23-15-20(28)10-12-25(23)38-2/h4-13,15,24H,14,16-17H2,1-3H3,(H,31,35)/t24-/m0/s1. The van der Waals surface area contributed by atoms with Crippen molar-refractivity contribution in [3.05, 3.63) is 92.9 Å². The number of amides is 2. The summed E-state index contributed by atoms with van der Waals surface area (Å²) < 4.78 is 32.1. The van der Waals surface area contributed by atoms with E-state index in [2.05, 4.69) is 5.32 Å². The van der Waals surface area contributed by atoms with Gasteiger partial charge in [0.1, 0.15) is 18.3 Å². The molecule has 0 heterocycles. The van der Waals surface area contributed by atoms with Gasteiger partial charge in [-0.2, -0.15) is 0 Å². The van der Waals surface area contributed by atoms with Crippen LogP contribution >= 0.6 is 34.8 Å². The fourth-order valence-corrected chi connectivity index (χ4v) is 5.34. The number of carbonyl (C=O) groups is 2. The van der Waals surface area contributed by atoms with E-state index < -0.39 is 34.4 Å². The van der Waals surface area contributed by atoms with Gasteiger partial charge in [0.15, 0.2) is 0 Å². The molecule has 3 rings (SSSR count). The minimum atomic E-state index is -3.98. The number of hydrogen-bond donors (Lipinski definition) is 1. The number of anilines is 1. The third-order valence-corrected chi connectivity index (χ3v) is 8.04. The molecule has 3 aromatic rings. The Morgan fingerprint density at radius 3 is 2.23 bits per heavy atom. The van der Waals surface area contributed by atoms with Crippen LogP contribution in [0.25, 0.3) is 0 Å². The maximum absolute atomic E-state index is 14.0. The number of benzene rings is 3. The van der Waals surface area contributed by atoms with Crippen molar-refractivity contribution < 1.29 is 22.7 Å². The van der Waals surface area contributed by atoms with Gasteiger partial charge in [-0.3, -0.25) is 13.9 Å². The molecule has 1 N–H and O–H groups in total. The second-order valence-corrected chi connectivity index (χ2v) is 11.8. The Balaban J connectivity index is 2.09. The van der Waals surface area contributed by atoms with Crippen molar-refractivity contribution in [2.24, 2.45) is 0 Å². The molecule has 12 heteroatoms. The van der Waals surface area contributed by atoms with Crippen LogP contribution in [0.15, 0.2) is 66.7 Å². The highest BCUT2D eigenvalue weighted by Gasteiger charge is 2.33. The van der Waals surface area contributed by atoms with Gasteiger partial charge in [-0.1, -0.05) is 71.2 Å². The highest BCUT2D eigenvalue weighted by Crippen LogP contribution is 2.33. The second kappa shape index (κ2) is 13.4. The maximum Gasteiger partial charge on any atom is 0.244 e. The number of hydrogen-bond acceptors (Lipinski definition) is 5. The molecule has 0 unspecified atom stereocenters. The van der Waals surface area contributed by atoms with E-state index in [4.69, 9.17) is 39.5 Å². The zero-order valence-corrected chi connectivity index (χ0v) is 24.6. The van der Waals surface area contributed by atoms with E-state index in [9.17, 15) is 18.0 Å². The van der Waals surface area contributed by atoms with Crippen molar-refractivity contribution in [1.82, 2.24) is 10.2 Å². The average molecular weight is 613 g/mol. The number of likely N-dealkylation sites (N-methyl/N-ethyl adjacent to an activating group) is 1. The number of ether oxygens (including phenoxy) is 1. The molecule has 1 atom stereocenters. The number of sulfonamides is 1. The zero-order chi connectivity index (χ0) is 28.7. The van der Waals surface area contributed by atoms with Crippen molar-refractivity contribution in [3.8, 4) is 5.75 Å². The number of halogens is 3. The second-order valence-electron chi connectivity index (χ2n) is 8.68. The number of nitrogens with one attached hydrogen (secondary N) is 1. The molecule has 0 aliphatic rings. The molecule has 3 aromatic carbocycles. The Labute approximate surface area is 243 Å². The van der Waals surface area contributed by atoms with Crippen molar-refractivity contribution in [3.63, 3.8) is 0 Å². The van der Waals surface area contributed by atoms with Crippen LogP contribution in [0.2, 0.25) is 15.1 Å². The summed E-state index contributed by atoms with van der Waals surface area (Å²) in [4.78, 5) is 28.5. The minimum absolute atomic E-state index is 0.0368. The molecular formula is C27H28Cl3N3O5S. The summed E-state index contributed by atoms with van der Waals surface area (Å²) in [5.41, 5.74) is 1.51. The van der Waals surface area contributed by atoms with E-state index in [0.29, 0.717) is 10.6 Å². The van der Waals surface area contributed by atoms with Gasteiger partial charge in [-0.25, -0.2) is 8.42 Å². The summed E-state index contributed by atoms with van der Waals surface area (Å²) in [6.07, 6.45) is 1.16. The Hall–Kier alpha value is -2.98. The SMILES string of the molecule is CNC(=O)[C@H](Cc1ccccc1)N(Cc1ccc(Cl)c(Cl)c1)C(=O)CN(c1cc(Cl)ccc1OC)S(C)(=O)=O. The molecule has 8 nitrogen and oxygen atoms in total. The van der Waals surface area contributed by atoms with Crippen LogP contribution in [-0.2, 0) is 32.6 Å². The van der Waals surface area contributed by atoms with Crippen LogP contribution in [0.1, 0.15) is 11.1 Å². The fraction of sp³-hybridized carbons (Fsp3) is 0.259. The van der Waals surface area contributed by atoms with Gasteiger partial charge in [-0.05, 0) is 41.5 Å². The molecule has 0 saturated carbocycles. The van der Waals surface area contributed by atoms with E-state index in [0.717, 1.165) is 16.1 Å². The summed E-state index contributed by atoms with van der Waals surface area (Å²) in [6.45, 7) is -0.649. The molecule has 0 saturated heterocycles. The molecule has 208 valence electrons. The van der Waals surface area contributed by atoms with Crippen molar-refractivity contribution in [2.75, 3.05) is 31.3 Å². The lowest BCUT2D eigenvalue weighted by atomic mass is 10.0. The molecule has 0 spiro atoms. The number of rotatable bonds is 11. The molecule has 0 aliphatic heterocycles. The minimum Gasteiger partial charge on any atom is -0.495 e. The number of carbonyl (C=O) groups excluding carboxylic acids is 2. The van der Waals surface area contributed by atoms with Gasteiger partial charge in [0.2, 0.25) is 21.8 Å². The van der Waals surface area contributed by atoms with Gasteiger partial charge in [0.05, 0.1) is 29.1 Å². The molecule has 0 aromatic heterocycles. The molecule has 0 radical (unpaired) electrons. The van der Waals surface area contributed by atoms with Gasteiger partial charge in [0, 0.05) is 25.0 Å². The smallest absolute Gasteiger partial charge is 0.244 e. The number of methoxy groups -OCH3 is 1. The predicted molar refractivity (Wildman–Crippen MR) is 155 cm³/mol. The summed E-state index contributed by atoms with van der Waals surface area (Å²) in [6, 6.07) is 17.6. The average Bonchev–Trinajstić information content (AvgIpc) is 2.90. The first-order valence-electron chi connectivity index (χ1n) is 11.7. The molecule has 0 fully saturated rings. The van der Waals surface area contributed by atoms with Crippen LogP contribution in [0.5, 0.6) is 5.75 Å². The van der Waals surface area contributed by atoms with Crippen LogP contribution < -0.4 is 14.4 Å². The predicted octanol–water partition coefficient (Wildman–Crippen LogP) is 4.81. The van der Waals surface area contributed by atoms with E-state index in [1.54, 1.807) is 24.3 Å². The molecule has 0 aliphatic carbocycles. The highest BCUT2D eigenvalue weighted by atomic mass is 35.5. The fourth-order valence-electron chi connectivity index (χ4n) is 4.01. The number of nitrogens with zero attached hydrogens (tertiary/aromatic N) is 2. The van der Waals surface area contributed by atoms with Gasteiger partial charge in [-0.15, -0.1) is 0 Å². The summed E-state index contributed by atoms with van der Waals surface area (Å²) in [7, 11) is -1.13. The molecule has 2 amide bonds. The highest BCUT2D eigenvalue weighted by molar-refractivity contribution is 7.92. The van der Waals surface area contributed by atoms with Gasteiger partial charge in [0.25, 0.3) is 0 Å². The summed E-state index contributed by atoms with van der Waals surface area (Å²) in [5, 5.41) is 3.49. The maximum atomic E-state index is 14.0. The third kappa shape index (κ3) is 8.02. The Bertz CT molecular complexity index is 1440. The first-order valence-corrected chi connectivity index (χ1v) is 14.7. The lowest BCUT2D eigenvalue weighted by molar-refractivity contribution is -0.139. The Morgan fingerprint density at radius 2 is 1.64 bits per heavy atom. The normalized spacial score (nSPS) is 11.9. The Morgan fingerprint density at radius 1 is 0.949 bits per heavy atom. The Kier molecular flexibility index (Phi) is 10.5. The van der Waals surface area contributed by atoms with Crippen molar-refractivity contribution in [2.45, 2.75) is 19.0 Å². The first-order chi connectivity index (χ1) is 18.4. The zero-order valence-electron chi connectivity index (χ0n) is 21.5. The van der Waals surface area contributed by atoms with E-state index >= 15 is 0 Å². The topological polar surface area (TPSA) is 96.0 Å².